The van der Waals surface area contributed by atoms with Crippen molar-refractivity contribution in [1.82, 2.24) is 4.90 Å². The van der Waals surface area contributed by atoms with Crippen LogP contribution in [0.3, 0.4) is 0 Å². The molecule has 2 bridgehead atoms. The number of hydrogen-bond donors (Lipinski definition) is 2. The third kappa shape index (κ3) is 1.35. The van der Waals surface area contributed by atoms with Crippen LogP contribution < -0.4 is 4.74 Å². The van der Waals surface area contributed by atoms with Crippen LogP contribution >= 0.6 is 0 Å². The molecule has 1 saturated heterocycles. The van der Waals surface area contributed by atoms with E-state index in [4.69, 9.17) is 4.74 Å². The summed E-state index contributed by atoms with van der Waals surface area (Å²) in [7, 11) is 2.24. The summed E-state index contributed by atoms with van der Waals surface area (Å²) in [6.45, 7) is 1.07. The standard InChI is InChI=1S/C18H23NO3/c1-19-7-6-18-12-4-5-14(21)17(18)22-16-11(9-20)3-2-10(15(16)18)8-13(12)19/h2-3,12-14,17,20-21H,4-9H2,1H3. The second-order valence-electron chi connectivity index (χ2n) is 7.58. The van der Waals surface area contributed by atoms with Crippen LogP contribution in [0.5, 0.6) is 5.75 Å². The summed E-state index contributed by atoms with van der Waals surface area (Å²) >= 11 is 0. The van der Waals surface area contributed by atoms with Gasteiger partial charge in [-0.25, -0.2) is 0 Å². The fourth-order valence-corrected chi connectivity index (χ4v) is 5.90. The Morgan fingerprint density at radius 3 is 3.05 bits per heavy atom. The molecule has 1 aromatic rings. The van der Waals surface area contributed by atoms with E-state index in [2.05, 4.69) is 18.0 Å². The number of aliphatic hydroxyl groups excluding tert-OH is 2. The molecule has 2 aliphatic heterocycles. The molecule has 5 atom stereocenters. The molecular formula is C18H23NO3. The van der Waals surface area contributed by atoms with Gasteiger partial charge in [-0.2, -0.15) is 0 Å². The molecule has 4 nitrogen and oxygen atoms in total. The summed E-state index contributed by atoms with van der Waals surface area (Å²) in [6.07, 6.45) is 3.54. The van der Waals surface area contributed by atoms with Gasteiger partial charge in [0, 0.05) is 22.6 Å². The molecule has 1 spiro atoms. The van der Waals surface area contributed by atoms with Crippen molar-refractivity contribution >= 4 is 0 Å². The highest BCUT2D eigenvalue weighted by molar-refractivity contribution is 5.58. The molecule has 5 unspecified atom stereocenters. The molecule has 2 fully saturated rings. The van der Waals surface area contributed by atoms with Gasteiger partial charge in [0.05, 0.1) is 12.7 Å². The van der Waals surface area contributed by atoms with E-state index in [-0.39, 0.29) is 24.2 Å². The Hall–Kier alpha value is -1.10. The number of likely N-dealkylation sites (tertiary alicyclic amines) is 1. The quantitative estimate of drug-likeness (QED) is 0.819. The van der Waals surface area contributed by atoms with Gasteiger partial charge in [-0.3, -0.25) is 0 Å². The minimum absolute atomic E-state index is 0.00943. The maximum absolute atomic E-state index is 10.6. The third-order valence-corrected chi connectivity index (χ3v) is 6.84. The summed E-state index contributed by atoms with van der Waals surface area (Å²) in [5.41, 5.74) is 3.56. The van der Waals surface area contributed by atoms with Crippen LogP contribution in [-0.4, -0.2) is 47.0 Å². The summed E-state index contributed by atoms with van der Waals surface area (Å²) in [5, 5.41) is 20.3. The van der Waals surface area contributed by atoms with Gasteiger partial charge in [-0.1, -0.05) is 12.1 Å². The minimum Gasteiger partial charge on any atom is -0.486 e. The number of rotatable bonds is 1. The van der Waals surface area contributed by atoms with E-state index in [1.165, 1.54) is 11.1 Å². The van der Waals surface area contributed by atoms with Crippen LogP contribution in [0.2, 0.25) is 0 Å². The van der Waals surface area contributed by atoms with Crippen molar-refractivity contribution < 1.29 is 14.9 Å². The predicted molar refractivity (Wildman–Crippen MR) is 81.9 cm³/mol. The lowest BCUT2D eigenvalue weighted by Crippen LogP contribution is -2.66. The maximum Gasteiger partial charge on any atom is 0.135 e. The van der Waals surface area contributed by atoms with Crippen LogP contribution in [0.1, 0.15) is 36.0 Å². The maximum atomic E-state index is 10.6. The first kappa shape index (κ1) is 13.3. The molecule has 22 heavy (non-hydrogen) atoms. The highest BCUT2D eigenvalue weighted by atomic mass is 16.5. The first-order chi connectivity index (χ1) is 10.7. The normalized spacial score (nSPS) is 42.0. The molecule has 118 valence electrons. The third-order valence-electron chi connectivity index (χ3n) is 6.84. The summed E-state index contributed by atoms with van der Waals surface area (Å²) in [5.74, 6) is 1.46. The van der Waals surface area contributed by atoms with Crippen LogP contribution in [0.15, 0.2) is 12.1 Å². The number of aliphatic hydroxyl groups is 2. The van der Waals surface area contributed by atoms with Crippen molar-refractivity contribution in [1.29, 1.82) is 0 Å². The van der Waals surface area contributed by atoms with E-state index in [0.29, 0.717) is 12.0 Å². The van der Waals surface area contributed by atoms with Gasteiger partial charge in [0.2, 0.25) is 0 Å². The van der Waals surface area contributed by atoms with Crippen LogP contribution in [0.4, 0.5) is 0 Å². The lowest BCUT2D eigenvalue weighted by atomic mass is 9.51. The molecule has 4 heteroatoms. The number of benzene rings is 1. The van der Waals surface area contributed by atoms with Crippen molar-refractivity contribution in [3.63, 3.8) is 0 Å². The predicted octanol–water partition coefficient (Wildman–Crippen LogP) is 1.21. The van der Waals surface area contributed by atoms with Crippen molar-refractivity contribution in [2.75, 3.05) is 13.6 Å². The average molecular weight is 301 g/mol. The number of likely N-dealkylation sites (N-methyl/N-ethyl adjacent to an activating group) is 1. The van der Waals surface area contributed by atoms with E-state index in [1.807, 2.05) is 6.07 Å². The minimum atomic E-state index is -0.384. The monoisotopic (exact) mass is 301 g/mol. The molecule has 4 aliphatic rings. The highest BCUT2D eigenvalue weighted by Gasteiger charge is 2.65. The largest absolute Gasteiger partial charge is 0.486 e. The molecule has 2 N–H and O–H groups in total. The van der Waals surface area contributed by atoms with E-state index < -0.39 is 0 Å². The number of nitrogens with zero attached hydrogens (tertiary/aromatic N) is 1. The Morgan fingerprint density at radius 2 is 2.23 bits per heavy atom. The molecule has 0 aromatic heterocycles. The Morgan fingerprint density at radius 1 is 1.36 bits per heavy atom. The Bertz CT molecular complexity index is 645. The lowest BCUT2D eigenvalue weighted by Gasteiger charge is -2.58. The Kier molecular flexibility index (Phi) is 2.58. The number of hydrogen-bond acceptors (Lipinski definition) is 4. The summed E-state index contributed by atoms with van der Waals surface area (Å²) in [6, 6.07) is 4.75. The Balaban J connectivity index is 1.80. The second-order valence-corrected chi connectivity index (χ2v) is 7.58. The van der Waals surface area contributed by atoms with Gasteiger partial charge >= 0.3 is 0 Å². The SMILES string of the molecule is CN1CCC23c4c5ccc(CO)c4OC2C(O)CCC3C1C5. The van der Waals surface area contributed by atoms with E-state index in [1.54, 1.807) is 0 Å². The smallest absolute Gasteiger partial charge is 0.135 e. The lowest BCUT2D eigenvalue weighted by molar-refractivity contribution is -0.0993. The second kappa shape index (κ2) is 4.25. The van der Waals surface area contributed by atoms with Gasteiger partial charge in [-0.15, -0.1) is 0 Å². The highest BCUT2D eigenvalue weighted by Crippen LogP contribution is 2.62. The van der Waals surface area contributed by atoms with Crippen molar-refractivity contribution in [3.05, 3.63) is 28.8 Å². The molecule has 1 aromatic carbocycles. The van der Waals surface area contributed by atoms with E-state index >= 15 is 0 Å². The van der Waals surface area contributed by atoms with Crippen molar-refractivity contribution in [2.45, 2.75) is 56.0 Å². The van der Waals surface area contributed by atoms with Gasteiger partial charge < -0.3 is 19.8 Å². The first-order valence-corrected chi connectivity index (χ1v) is 8.48. The van der Waals surface area contributed by atoms with Crippen LogP contribution in [0.25, 0.3) is 0 Å². The zero-order chi connectivity index (χ0) is 15.1. The summed E-state index contributed by atoms with van der Waals surface area (Å²) in [4.78, 5) is 2.51. The zero-order valence-corrected chi connectivity index (χ0v) is 13.0. The van der Waals surface area contributed by atoms with Crippen molar-refractivity contribution in [3.8, 4) is 5.75 Å². The molecule has 2 heterocycles. The summed E-state index contributed by atoms with van der Waals surface area (Å²) < 4.78 is 6.32. The van der Waals surface area contributed by atoms with E-state index in [9.17, 15) is 10.2 Å². The molecular weight excluding hydrogens is 278 g/mol. The van der Waals surface area contributed by atoms with Gasteiger partial charge in [0.25, 0.3) is 0 Å². The van der Waals surface area contributed by atoms with Gasteiger partial charge in [0.1, 0.15) is 11.9 Å². The van der Waals surface area contributed by atoms with E-state index in [0.717, 1.165) is 43.5 Å². The van der Waals surface area contributed by atoms with Gasteiger partial charge in [-0.05, 0) is 50.8 Å². The van der Waals surface area contributed by atoms with Crippen molar-refractivity contribution in [2.24, 2.45) is 5.92 Å². The molecule has 1 saturated carbocycles. The molecule has 0 amide bonds. The average Bonchev–Trinajstić information content (AvgIpc) is 2.88. The van der Waals surface area contributed by atoms with Crippen LogP contribution in [0, 0.1) is 5.92 Å². The topological polar surface area (TPSA) is 52.9 Å². The number of ether oxygens (including phenoxy) is 1. The molecule has 0 radical (unpaired) electrons. The fraction of sp³-hybridized carbons (Fsp3) is 0.667. The fourth-order valence-electron chi connectivity index (χ4n) is 5.90. The first-order valence-electron chi connectivity index (χ1n) is 8.48. The molecule has 5 rings (SSSR count). The zero-order valence-electron chi connectivity index (χ0n) is 13.0. The molecule has 2 aliphatic carbocycles. The van der Waals surface area contributed by atoms with Crippen LogP contribution in [-0.2, 0) is 18.4 Å². The number of piperidine rings is 1. The Labute approximate surface area is 130 Å². The van der Waals surface area contributed by atoms with Gasteiger partial charge in [0.15, 0.2) is 0 Å².